The van der Waals surface area contributed by atoms with Crippen LogP contribution in [0.2, 0.25) is 0 Å². The highest BCUT2D eigenvalue weighted by molar-refractivity contribution is 5.73. The lowest BCUT2D eigenvalue weighted by molar-refractivity contribution is -0.153. The fraction of sp³-hybridized carbons (Fsp3) is 0.900. The van der Waals surface area contributed by atoms with Crippen LogP contribution >= 0.6 is 0 Å². The number of nitrogens with one attached hydrogen (secondary N) is 1. The molecule has 14 heavy (non-hydrogen) atoms. The summed E-state index contributed by atoms with van der Waals surface area (Å²) in [6, 6.07) is 0. The van der Waals surface area contributed by atoms with E-state index in [1.165, 1.54) is 0 Å². The van der Waals surface area contributed by atoms with E-state index in [9.17, 15) is 4.79 Å². The maximum atomic E-state index is 11.2. The Labute approximate surface area is 85.0 Å². The first kappa shape index (κ1) is 11.5. The lowest BCUT2D eigenvalue weighted by atomic mass is 10.0. The summed E-state index contributed by atoms with van der Waals surface area (Å²) < 4.78 is 10.5. The Hall–Kier alpha value is -0.610. The highest BCUT2D eigenvalue weighted by Gasteiger charge is 2.26. The molecule has 1 aliphatic rings. The van der Waals surface area contributed by atoms with E-state index in [1.54, 1.807) is 0 Å². The zero-order valence-corrected chi connectivity index (χ0v) is 9.13. The molecule has 4 heteroatoms. The molecule has 0 spiro atoms. The van der Waals surface area contributed by atoms with Crippen molar-refractivity contribution >= 4 is 5.97 Å². The summed E-state index contributed by atoms with van der Waals surface area (Å²) in [7, 11) is 0. The zero-order valence-electron chi connectivity index (χ0n) is 9.13. The smallest absolute Gasteiger partial charge is 0.311 e. The van der Waals surface area contributed by atoms with Crippen LogP contribution in [0.5, 0.6) is 0 Å². The maximum Gasteiger partial charge on any atom is 0.311 e. The van der Waals surface area contributed by atoms with Crippen LogP contribution in [-0.2, 0) is 14.3 Å². The molecule has 1 fully saturated rings. The molecule has 0 unspecified atom stereocenters. The van der Waals surface area contributed by atoms with Gasteiger partial charge in [-0.2, -0.15) is 0 Å². The summed E-state index contributed by atoms with van der Waals surface area (Å²) >= 11 is 0. The minimum Gasteiger partial charge on any atom is -0.463 e. The normalized spacial score (nSPS) is 17.6. The predicted octanol–water partition coefficient (Wildman–Crippen LogP) is 0.564. The molecule has 1 rings (SSSR count). The molecule has 1 saturated heterocycles. The van der Waals surface area contributed by atoms with Crippen LogP contribution in [0.15, 0.2) is 0 Å². The number of rotatable bonds is 4. The van der Waals surface area contributed by atoms with Crippen LogP contribution in [0.1, 0.15) is 20.8 Å². The van der Waals surface area contributed by atoms with Crippen molar-refractivity contribution in [1.82, 2.24) is 5.32 Å². The van der Waals surface area contributed by atoms with Crippen LogP contribution in [0.3, 0.4) is 0 Å². The zero-order chi connectivity index (χ0) is 10.6. The van der Waals surface area contributed by atoms with Gasteiger partial charge >= 0.3 is 5.97 Å². The van der Waals surface area contributed by atoms with E-state index < -0.39 is 0 Å². The quantitative estimate of drug-likeness (QED) is 0.533. The van der Waals surface area contributed by atoms with Gasteiger partial charge in [0.25, 0.3) is 0 Å². The number of esters is 1. The van der Waals surface area contributed by atoms with Crippen LogP contribution in [0, 0.1) is 5.92 Å². The molecule has 0 aromatic heterocycles. The number of carbonyl (C=O) groups is 1. The SMILES string of the molecule is CC(C)(C)OCCOC(=O)C1CNC1. The van der Waals surface area contributed by atoms with Crippen molar-refractivity contribution in [2.24, 2.45) is 5.92 Å². The summed E-state index contributed by atoms with van der Waals surface area (Å²) in [4.78, 5) is 11.2. The molecule has 1 aliphatic heterocycles. The summed E-state index contributed by atoms with van der Waals surface area (Å²) in [5, 5.41) is 3.02. The van der Waals surface area contributed by atoms with Crippen molar-refractivity contribution in [3.63, 3.8) is 0 Å². The van der Waals surface area contributed by atoms with Crippen molar-refractivity contribution < 1.29 is 14.3 Å². The first-order valence-electron chi connectivity index (χ1n) is 5.00. The van der Waals surface area contributed by atoms with E-state index in [4.69, 9.17) is 9.47 Å². The average Bonchev–Trinajstić information content (AvgIpc) is 1.92. The molecule has 4 nitrogen and oxygen atoms in total. The molecular weight excluding hydrogens is 182 g/mol. The van der Waals surface area contributed by atoms with Gasteiger partial charge in [-0.3, -0.25) is 4.79 Å². The molecular formula is C10H19NO3. The van der Waals surface area contributed by atoms with Crippen molar-refractivity contribution in [3.05, 3.63) is 0 Å². The Morgan fingerprint density at radius 1 is 1.36 bits per heavy atom. The van der Waals surface area contributed by atoms with Crippen LogP contribution in [-0.4, -0.2) is 37.9 Å². The van der Waals surface area contributed by atoms with Gasteiger partial charge in [-0.15, -0.1) is 0 Å². The molecule has 0 bridgehead atoms. The Bertz CT molecular complexity index is 194. The third-order valence-corrected chi connectivity index (χ3v) is 1.98. The highest BCUT2D eigenvalue weighted by Crippen LogP contribution is 2.07. The largest absolute Gasteiger partial charge is 0.463 e. The molecule has 0 aromatic carbocycles. The van der Waals surface area contributed by atoms with E-state index in [0.717, 1.165) is 13.1 Å². The lowest BCUT2D eigenvalue weighted by Crippen LogP contribution is -2.47. The first-order valence-corrected chi connectivity index (χ1v) is 5.00. The fourth-order valence-electron chi connectivity index (χ4n) is 1.06. The van der Waals surface area contributed by atoms with E-state index >= 15 is 0 Å². The minimum absolute atomic E-state index is 0.0598. The Morgan fingerprint density at radius 3 is 2.43 bits per heavy atom. The molecule has 82 valence electrons. The number of ether oxygens (including phenoxy) is 2. The summed E-state index contributed by atoms with van der Waals surface area (Å²) in [6.45, 7) is 8.25. The van der Waals surface area contributed by atoms with Gasteiger partial charge in [0.1, 0.15) is 6.61 Å². The van der Waals surface area contributed by atoms with Crippen LogP contribution in [0.25, 0.3) is 0 Å². The third kappa shape index (κ3) is 4.07. The number of hydrogen-bond donors (Lipinski definition) is 1. The van der Waals surface area contributed by atoms with Crippen molar-refractivity contribution in [1.29, 1.82) is 0 Å². The van der Waals surface area contributed by atoms with E-state index in [2.05, 4.69) is 5.32 Å². The van der Waals surface area contributed by atoms with Crippen molar-refractivity contribution in [3.8, 4) is 0 Å². The average molecular weight is 201 g/mol. The molecule has 0 amide bonds. The maximum absolute atomic E-state index is 11.2. The molecule has 0 atom stereocenters. The van der Waals surface area contributed by atoms with Gasteiger partial charge in [0.2, 0.25) is 0 Å². The second kappa shape index (κ2) is 4.75. The van der Waals surface area contributed by atoms with E-state index in [-0.39, 0.29) is 17.5 Å². The van der Waals surface area contributed by atoms with Gasteiger partial charge in [-0.05, 0) is 20.8 Å². The molecule has 0 aliphatic carbocycles. The van der Waals surface area contributed by atoms with Gasteiger partial charge in [-0.25, -0.2) is 0 Å². The first-order chi connectivity index (χ1) is 6.49. The molecule has 0 saturated carbocycles. The van der Waals surface area contributed by atoms with Crippen LogP contribution < -0.4 is 5.32 Å². The lowest BCUT2D eigenvalue weighted by Gasteiger charge is -2.25. The van der Waals surface area contributed by atoms with Gasteiger partial charge in [0, 0.05) is 13.1 Å². The fourth-order valence-corrected chi connectivity index (χ4v) is 1.06. The van der Waals surface area contributed by atoms with Crippen LogP contribution in [0.4, 0.5) is 0 Å². The number of carbonyl (C=O) groups excluding carboxylic acids is 1. The Balaban J connectivity index is 2.00. The van der Waals surface area contributed by atoms with Crippen molar-refractivity contribution in [2.75, 3.05) is 26.3 Å². The summed E-state index contributed by atoms with van der Waals surface area (Å²) in [5.74, 6) is -0.0501. The van der Waals surface area contributed by atoms with Gasteiger partial charge in [0.15, 0.2) is 0 Å². The van der Waals surface area contributed by atoms with Gasteiger partial charge in [0.05, 0.1) is 18.1 Å². The second-order valence-electron chi connectivity index (χ2n) is 4.48. The molecule has 1 heterocycles. The molecule has 1 N–H and O–H groups in total. The van der Waals surface area contributed by atoms with Gasteiger partial charge in [-0.1, -0.05) is 0 Å². The van der Waals surface area contributed by atoms with E-state index in [1.807, 2.05) is 20.8 Å². The highest BCUT2D eigenvalue weighted by atomic mass is 16.6. The summed E-state index contributed by atoms with van der Waals surface area (Å²) in [5.41, 5.74) is -0.162. The number of hydrogen-bond acceptors (Lipinski definition) is 4. The van der Waals surface area contributed by atoms with Crippen molar-refractivity contribution in [2.45, 2.75) is 26.4 Å². The molecule has 0 radical (unpaired) electrons. The standard InChI is InChI=1S/C10H19NO3/c1-10(2,3)14-5-4-13-9(12)8-6-11-7-8/h8,11H,4-7H2,1-3H3. The van der Waals surface area contributed by atoms with E-state index in [0.29, 0.717) is 13.2 Å². The molecule has 0 aromatic rings. The van der Waals surface area contributed by atoms with Gasteiger partial charge < -0.3 is 14.8 Å². The second-order valence-corrected chi connectivity index (χ2v) is 4.48. The summed E-state index contributed by atoms with van der Waals surface area (Å²) in [6.07, 6.45) is 0. The topological polar surface area (TPSA) is 47.6 Å². The Kier molecular flexibility index (Phi) is 3.89. The minimum atomic E-state index is -0.162. The monoisotopic (exact) mass is 201 g/mol. The predicted molar refractivity (Wildman–Crippen MR) is 53.0 cm³/mol. The Morgan fingerprint density at radius 2 is 2.00 bits per heavy atom. The third-order valence-electron chi connectivity index (χ3n) is 1.98.